The van der Waals surface area contributed by atoms with E-state index in [4.69, 9.17) is 10.5 Å². The number of rotatable bonds is 7. The van der Waals surface area contributed by atoms with Crippen LogP contribution in [0.3, 0.4) is 0 Å². The molecule has 0 saturated carbocycles. The Kier molecular flexibility index (Phi) is 5.98. The standard InChI is InChI=1S/C12H22N2OS/c1-10(2)14(5-6-15-3)12(8-13)11-4-7-16-9-11/h4,7,9-10,12H,5-6,8,13H2,1-3H3. The number of hydrogen-bond donors (Lipinski definition) is 1. The van der Waals surface area contributed by atoms with Crippen molar-refractivity contribution >= 4 is 11.3 Å². The zero-order valence-corrected chi connectivity index (χ0v) is 11.2. The first-order valence-electron chi connectivity index (χ1n) is 5.67. The monoisotopic (exact) mass is 242 g/mol. The maximum atomic E-state index is 5.90. The van der Waals surface area contributed by atoms with E-state index in [-0.39, 0.29) is 0 Å². The zero-order valence-electron chi connectivity index (χ0n) is 10.3. The molecular weight excluding hydrogens is 220 g/mol. The molecule has 16 heavy (non-hydrogen) atoms. The molecule has 4 heteroatoms. The van der Waals surface area contributed by atoms with E-state index in [0.29, 0.717) is 18.6 Å². The Morgan fingerprint density at radius 2 is 2.25 bits per heavy atom. The molecule has 1 unspecified atom stereocenters. The van der Waals surface area contributed by atoms with Crippen LogP contribution < -0.4 is 5.73 Å². The summed E-state index contributed by atoms with van der Waals surface area (Å²) < 4.78 is 5.15. The van der Waals surface area contributed by atoms with Crippen LogP contribution in [-0.2, 0) is 4.74 Å². The van der Waals surface area contributed by atoms with Gasteiger partial charge < -0.3 is 10.5 Å². The van der Waals surface area contributed by atoms with E-state index in [1.165, 1.54) is 5.56 Å². The van der Waals surface area contributed by atoms with Crippen molar-refractivity contribution in [3.63, 3.8) is 0 Å². The van der Waals surface area contributed by atoms with Crippen molar-refractivity contribution in [1.29, 1.82) is 0 Å². The predicted octanol–water partition coefficient (Wildman–Crippen LogP) is 2.10. The van der Waals surface area contributed by atoms with Crippen molar-refractivity contribution in [2.45, 2.75) is 25.9 Å². The number of hydrogen-bond acceptors (Lipinski definition) is 4. The number of nitrogens with two attached hydrogens (primary N) is 1. The first kappa shape index (κ1) is 13.6. The summed E-state index contributed by atoms with van der Waals surface area (Å²) in [6, 6.07) is 2.94. The van der Waals surface area contributed by atoms with Crippen LogP contribution in [0.4, 0.5) is 0 Å². The van der Waals surface area contributed by atoms with Crippen LogP contribution in [0.25, 0.3) is 0 Å². The van der Waals surface area contributed by atoms with Crippen molar-refractivity contribution in [2.24, 2.45) is 5.73 Å². The summed E-state index contributed by atoms with van der Waals surface area (Å²) in [7, 11) is 1.74. The average molecular weight is 242 g/mol. The van der Waals surface area contributed by atoms with Gasteiger partial charge in [-0.1, -0.05) is 0 Å². The van der Waals surface area contributed by atoms with Gasteiger partial charge in [-0.05, 0) is 36.2 Å². The van der Waals surface area contributed by atoms with Gasteiger partial charge in [0.1, 0.15) is 0 Å². The molecule has 0 saturated heterocycles. The molecule has 0 radical (unpaired) electrons. The molecule has 0 aliphatic carbocycles. The van der Waals surface area contributed by atoms with Gasteiger partial charge >= 0.3 is 0 Å². The predicted molar refractivity (Wildman–Crippen MR) is 69.8 cm³/mol. The van der Waals surface area contributed by atoms with Crippen molar-refractivity contribution in [2.75, 3.05) is 26.8 Å². The highest BCUT2D eigenvalue weighted by Gasteiger charge is 2.21. The highest BCUT2D eigenvalue weighted by atomic mass is 32.1. The second-order valence-corrected chi connectivity index (χ2v) is 4.91. The maximum Gasteiger partial charge on any atom is 0.0590 e. The first-order valence-corrected chi connectivity index (χ1v) is 6.61. The van der Waals surface area contributed by atoms with Gasteiger partial charge in [0, 0.05) is 32.3 Å². The minimum atomic E-state index is 0.307. The minimum Gasteiger partial charge on any atom is -0.383 e. The van der Waals surface area contributed by atoms with E-state index in [1.807, 2.05) is 0 Å². The SMILES string of the molecule is COCCN(C(C)C)C(CN)c1ccsc1. The molecule has 0 aliphatic rings. The van der Waals surface area contributed by atoms with E-state index in [2.05, 4.69) is 35.6 Å². The van der Waals surface area contributed by atoms with Gasteiger partial charge in [-0.3, -0.25) is 4.90 Å². The van der Waals surface area contributed by atoms with E-state index >= 15 is 0 Å². The highest BCUT2D eigenvalue weighted by molar-refractivity contribution is 7.07. The second kappa shape index (κ2) is 7.01. The Labute approximate surface area is 102 Å². The molecule has 1 aromatic heterocycles. The Bertz CT molecular complexity index is 275. The van der Waals surface area contributed by atoms with E-state index in [9.17, 15) is 0 Å². The lowest BCUT2D eigenvalue weighted by atomic mass is 10.1. The van der Waals surface area contributed by atoms with Gasteiger partial charge in [-0.2, -0.15) is 11.3 Å². The summed E-state index contributed by atoms with van der Waals surface area (Å²) in [5, 5.41) is 4.28. The van der Waals surface area contributed by atoms with Crippen molar-refractivity contribution in [1.82, 2.24) is 4.90 Å². The number of nitrogens with zero attached hydrogens (tertiary/aromatic N) is 1. The van der Waals surface area contributed by atoms with Crippen LogP contribution in [0.5, 0.6) is 0 Å². The Morgan fingerprint density at radius 3 is 2.69 bits per heavy atom. The Morgan fingerprint density at radius 1 is 1.50 bits per heavy atom. The molecule has 2 N–H and O–H groups in total. The molecule has 1 heterocycles. The number of thiophene rings is 1. The van der Waals surface area contributed by atoms with Crippen LogP contribution in [0.2, 0.25) is 0 Å². The Balaban J connectivity index is 2.73. The molecule has 0 spiro atoms. The molecule has 1 aromatic rings. The Hall–Kier alpha value is -0.420. The summed E-state index contributed by atoms with van der Waals surface area (Å²) in [6.07, 6.45) is 0. The van der Waals surface area contributed by atoms with Crippen molar-refractivity contribution in [3.05, 3.63) is 22.4 Å². The molecule has 0 bridgehead atoms. The van der Waals surface area contributed by atoms with E-state index in [1.54, 1.807) is 18.4 Å². The number of methoxy groups -OCH3 is 1. The fourth-order valence-electron chi connectivity index (χ4n) is 1.90. The summed E-state index contributed by atoms with van der Waals surface area (Å²) >= 11 is 1.72. The lowest BCUT2D eigenvalue weighted by molar-refractivity contribution is 0.0981. The van der Waals surface area contributed by atoms with Gasteiger partial charge in [0.2, 0.25) is 0 Å². The molecule has 1 rings (SSSR count). The molecule has 0 fully saturated rings. The molecule has 0 amide bonds. The van der Waals surface area contributed by atoms with Crippen LogP contribution in [0, 0.1) is 0 Å². The van der Waals surface area contributed by atoms with E-state index < -0.39 is 0 Å². The largest absolute Gasteiger partial charge is 0.383 e. The molecule has 1 atom stereocenters. The quantitative estimate of drug-likeness (QED) is 0.796. The minimum absolute atomic E-state index is 0.307. The van der Waals surface area contributed by atoms with Gasteiger partial charge in [-0.15, -0.1) is 0 Å². The maximum absolute atomic E-state index is 5.90. The summed E-state index contributed by atoms with van der Waals surface area (Å²) in [6.45, 7) is 6.72. The van der Waals surface area contributed by atoms with Gasteiger partial charge in [-0.25, -0.2) is 0 Å². The van der Waals surface area contributed by atoms with Crippen LogP contribution in [-0.4, -0.2) is 37.7 Å². The van der Waals surface area contributed by atoms with Gasteiger partial charge in [0.25, 0.3) is 0 Å². The smallest absolute Gasteiger partial charge is 0.0590 e. The third-order valence-corrected chi connectivity index (χ3v) is 3.47. The molecule has 0 aliphatic heterocycles. The summed E-state index contributed by atoms with van der Waals surface area (Å²) in [4.78, 5) is 2.39. The first-order chi connectivity index (χ1) is 7.70. The van der Waals surface area contributed by atoms with Gasteiger partial charge in [0.15, 0.2) is 0 Å². The lowest BCUT2D eigenvalue weighted by Gasteiger charge is -2.33. The zero-order chi connectivity index (χ0) is 12.0. The van der Waals surface area contributed by atoms with E-state index in [0.717, 1.165) is 13.2 Å². The molecule has 3 nitrogen and oxygen atoms in total. The van der Waals surface area contributed by atoms with Crippen LogP contribution >= 0.6 is 11.3 Å². The topological polar surface area (TPSA) is 38.5 Å². The lowest BCUT2D eigenvalue weighted by Crippen LogP contribution is -2.40. The number of ether oxygens (including phenoxy) is 1. The summed E-state index contributed by atoms with van der Waals surface area (Å²) in [5.74, 6) is 0. The summed E-state index contributed by atoms with van der Waals surface area (Å²) in [5.41, 5.74) is 7.21. The van der Waals surface area contributed by atoms with Crippen molar-refractivity contribution < 1.29 is 4.74 Å². The molecule has 0 aromatic carbocycles. The van der Waals surface area contributed by atoms with Crippen LogP contribution in [0.1, 0.15) is 25.5 Å². The normalized spacial score (nSPS) is 13.6. The van der Waals surface area contributed by atoms with Gasteiger partial charge in [0.05, 0.1) is 6.61 Å². The average Bonchev–Trinajstić information content (AvgIpc) is 2.76. The highest BCUT2D eigenvalue weighted by Crippen LogP contribution is 2.23. The third-order valence-electron chi connectivity index (χ3n) is 2.77. The fraction of sp³-hybridized carbons (Fsp3) is 0.667. The second-order valence-electron chi connectivity index (χ2n) is 4.13. The van der Waals surface area contributed by atoms with Crippen LogP contribution in [0.15, 0.2) is 16.8 Å². The molecule has 92 valence electrons. The third kappa shape index (κ3) is 3.56. The van der Waals surface area contributed by atoms with Crippen molar-refractivity contribution in [3.8, 4) is 0 Å². The molecular formula is C12H22N2OS. The fourth-order valence-corrected chi connectivity index (χ4v) is 2.61.